The van der Waals surface area contributed by atoms with Gasteiger partial charge in [-0.05, 0) is 0 Å². The second-order valence-corrected chi connectivity index (χ2v) is 3.25. The van der Waals surface area contributed by atoms with Crippen LogP contribution in [0.15, 0.2) is 0 Å². The maximum Gasteiger partial charge on any atom is 0.340 e. The molecule has 0 saturated heterocycles. The van der Waals surface area contributed by atoms with E-state index < -0.39 is 50.4 Å². The van der Waals surface area contributed by atoms with Gasteiger partial charge in [-0.1, -0.05) is 0 Å². The average Bonchev–Trinajstić information content (AvgIpc) is 2.26. The first-order valence-corrected chi connectivity index (χ1v) is 4.59. The molecule has 0 fully saturated rings. The van der Waals surface area contributed by atoms with Crippen LogP contribution in [-0.4, -0.2) is 44.0 Å². The van der Waals surface area contributed by atoms with Gasteiger partial charge >= 0.3 is 24.7 Å². The Balaban J connectivity index is 0. The van der Waals surface area contributed by atoms with Crippen LogP contribution in [0.5, 0.6) is 0 Å². The lowest BCUT2D eigenvalue weighted by Gasteiger charge is -2.16. The summed E-state index contributed by atoms with van der Waals surface area (Å²) >= 11 is 0. The third kappa shape index (κ3) is 7.68. The van der Waals surface area contributed by atoms with Gasteiger partial charge in [0.15, 0.2) is 6.17 Å². The van der Waals surface area contributed by atoms with Gasteiger partial charge in [-0.25, -0.2) is 43.9 Å². The first kappa shape index (κ1) is 21.5. The molecule has 20 heavy (non-hydrogen) atoms. The smallest absolute Gasteiger partial charge is 0.248 e. The minimum absolute atomic E-state index is 2.08. The third-order valence-electron chi connectivity index (χ3n) is 1.59. The van der Waals surface area contributed by atoms with Gasteiger partial charge in [0.1, 0.15) is 6.67 Å². The van der Waals surface area contributed by atoms with Gasteiger partial charge < -0.3 is 0 Å². The minimum Gasteiger partial charge on any atom is -0.248 e. The molecule has 1 unspecified atom stereocenters. The number of rotatable bonds is 6. The van der Waals surface area contributed by atoms with Crippen LogP contribution < -0.4 is 0 Å². The predicted molar refractivity (Wildman–Crippen MR) is 43.4 cm³/mol. The monoisotopic (exact) mass is 332 g/mol. The van der Waals surface area contributed by atoms with Crippen LogP contribution >= 0.6 is 0 Å². The van der Waals surface area contributed by atoms with Crippen molar-refractivity contribution in [2.24, 2.45) is 0 Å². The zero-order chi connectivity index (χ0) is 16.7. The molecule has 124 valence electrons. The van der Waals surface area contributed by atoms with Crippen molar-refractivity contribution in [1.82, 2.24) is 0 Å². The van der Waals surface area contributed by atoms with Gasteiger partial charge in [0.25, 0.3) is 0 Å². The molecule has 1 atom stereocenters. The van der Waals surface area contributed by atoms with Crippen molar-refractivity contribution in [3.05, 3.63) is 0 Å². The standard InChI is InChI=1S/2C4H4F6/c5-1-2(6)4(9,10)3(7)8;5-2(6)1-4(9,10)3(7)8/h2*2-3H,1H2. The van der Waals surface area contributed by atoms with Gasteiger partial charge in [0, 0.05) is 0 Å². The van der Waals surface area contributed by atoms with Crippen molar-refractivity contribution in [3.8, 4) is 0 Å². The fourth-order valence-electron chi connectivity index (χ4n) is 0.534. The number of halogens is 12. The molecule has 0 heterocycles. The minimum atomic E-state index is -4.87. The summed E-state index contributed by atoms with van der Waals surface area (Å²) in [5, 5.41) is 0. The first-order chi connectivity index (χ1) is 8.78. The summed E-state index contributed by atoms with van der Waals surface area (Å²) in [5.74, 6) is -9.43. The molecule has 0 amide bonds. The first-order valence-electron chi connectivity index (χ1n) is 4.59. The molecular formula is C8H8F12. The van der Waals surface area contributed by atoms with Crippen LogP contribution in [0, 0.1) is 0 Å². The lowest BCUT2D eigenvalue weighted by atomic mass is 10.2. The molecule has 0 radical (unpaired) electrons. The van der Waals surface area contributed by atoms with E-state index in [4.69, 9.17) is 0 Å². The molecule has 0 saturated carbocycles. The summed E-state index contributed by atoms with van der Waals surface area (Å²) in [4.78, 5) is 0. The molecular weight excluding hydrogens is 324 g/mol. The molecule has 0 bridgehead atoms. The zero-order valence-corrected chi connectivity index (χ0v) is 9.26. The largest absolute Gasteiger partial charge is 0.340 e. The van der Waals surface area contributed by atoms with Crippen molar-refractivity contribution >= 4 is 0 Å². The van der Waals surface area contributed by atoms with Crippen molar-refractivity contribution in [2.45, 2.75) is 43.7 Å². The molecule has 0 aliphatic carbocycles. The van der Waals surface area contributed by atoms with Gasteiger partial charge in [0.05, 0.1) is 6.42 Å². The van der Waals surface area contributed by atoms with Crippen LogP contribution in [0.1, 0.15) is 6.42 Å². The molecule has 0 aliphatic rings. The number of alkyl halides is 12. The SMILES string of the molecule is FC(F)CC(F)(F)C(F)F.FCC(F)C(F)(F)C(F)F. The Labute approximate surface area is 104 Å². The summed E-state index contributed by atoms with van der Waals surface area (Å²) < 4.78 is 135. The van der Waals surface area contributed by atoms with Crippen LogP contribution in [-0.2, 0) is 0 Å². The van der Waals surface area contributed by atoms with Crippen molar-refractivity contribution in [3.63, 3.8) is 0 Å². The Morgan fingerprint density at radius 2 is 1.10 bits per heavy atom. The van der Waals surface area contributed by atoms with Crippen LogP contribution in [0.2, 0.25) is 0 Å². The van der Waals surface area contributed by atoms with Gasteiger partial charge in [-0.15, -0.1) is 0 Å². The van der Waals surface area contributed by atoms with E-state index in [-0.39, 0.29) is 0 Å². The molecule has 0 aromatic heterocycles. The summed E-state index contributed by atoms with van der Waals surface area (Å²) in [6.45, 7) is -2.10. The zero-order valence-electron chi connectivity index (χ0n) is 9.26. The fraction of sp³-hybridized carbons (Fsp3) is 1.00. The maximum atomic E-state index is 11.6. The van der Waals surface area contributed by atoms with E-state index in [1.807, 2.05) is 0 Å². The van der Waals surface area contributed by atoms with Crippen molar-refractivity contribution in [1.29, 1.82) is 0 Å². The summed E-state index contributed by atoms with van der Waals surface area (Å²) in [5.41, 5.74) is 0. The van der Waals surface area contributed by atoms with Crippen molar-refractivity contribution < 1.29 is 52.7 Å². The van der Waals surface area contributed by atoms with E-state index in [9.17, 15) is 52.7 Å². The Bertz CT molecular complexity index is 250. The van der Waals surface area contributed by atoms with Gasteiger partial charge in [-0.3, -0.25) is 0 Å². The van der Waals surface area contributed by atoms with E-state index in [2.05, 4.69) is 0 Å². The Hall–Kier alpha value is -0.840. The summed E-state index contributed by atoms with van der Waals surface area (Å²) in [6, 6.07) is 0. The fourth-order valence-corrected chi connectivity index (χ4v) is 0.534. The topological polar surface area (TPSA) is 0 Å². The Morgan fingerprint density at radius 1 is 0.700 bits per heavy atom. The number of hydrogen-bond acceptors (Lipinski definition) is 0. The second-order valence-electron chi connectivity index (χ2n) is 3.25. The third-order valence-corrected chi connectivity index (χ3v) is 1.59. The highest BCUT2D eigenvalue weighted by atomic mass is 19.3. The van der Waals surface area contributed by atoms with Crippen LogP contribution in [0.25, 0.3) is 0 Å². The lowest BCUT2D eigenvalue weighted by molar-refractivity contribution is -0.173. The molecule has 0 aliphatic heterocycles. The molecule has 12 heteroatoms. The number of hydrogen-bond donors (Lipinski definition) is 0. The summed E-state index contributed by atoms with van der Waals surface area (Å²) in [6.07, 6.45) is -17.1. The van der Waals surface area contributed by atoms with E-state index >= 15 is 0 Å². The quantitative estimate of drug-likeness (QED) is 0.617. The average molecular weight is 332 g/mol. The lowest BCUT2D eigenvalue weighted by Crippen LogP contribution is -2.38. The van der Waals surface area contributed by atoms with E-state index in [0.717, 1.165) is 0 Å². The highest BCUT2D eigenvalue weighted by Gasteiger charge is 2.49. The second kappa shape index (κ2) is 8.45. The molecule has 0 N–H and O–H groups in total. The highest BCUT2D eigenvalue weighted by Crippen LogP contribution is 2.29. The van der Waals surface area contributed by atoms with E-state index in [0.29, 0.717) is 0 Å². The van der Waals surface area contributed by atoms with Crippen LogP contribution in [0.4, 0.5) is 52.7 Å². The molecule has 0 spiro atoms. The maximum absolute atomic E-state index is 11.6. The Morgan fingerprint density at radius 3 is 1.20 bits per heavy atom. The molecule has 0 rings (SSSR count). The highest BCUT2D eigenvalue weighted by molar-refractivity contribution is 4.78. The Kier molecular flexibility index (Phi) is 9.06. The molecule has 0 nitrogen and oxygen atoms in total. The van der Waals surface area contributed by atoms with Crippen LogP contribution in [0.3, 0.4) is 0 Å². The predicted octanol–water partition coefficient (Wildman–Crippen LogP) is 4.74. The van der Waals surface area contributed by atoms with Crippen molar-refractivity contribution in [2.75, 3.05) is 6.67 Å². The van der Waals surface area contributed by atoms with E-state index in [1.165, 1.54) is 0 Å². The normalized spacial score (nSPS) is 14.6. The molecule has 0 aromatic rings. The van der Waals surface area contributed by atoms with Gasteiger partial charge in [-0.2, -0.15) is 8.78 Å². The molecule has 0 aromatic carbocycles. The summed E-state index contributed by atoms with van der Waals surface area (Å²) in [7, 11) is 0. The van der Waals surface area contributed by atoms with Gasteiger partial charge in [0.2, 0.25) is 6.43 Å². The van der Waals surface area contributed by atoms with E-state index in [1.54, 1.807) is 0 Å².